The summed E-state index contributed by atoms with van der Waals surface area (Å²) in [6.45, 7) is 7.37. The topological polar surface area (TPSA) is 39.7 Å². The third kappa shape index (κ3) is 6.48. The molecule has 1 aliphatic heterocycles. The Labute approximate surface area is 145 Å². The van der Waals surface area contributed by atoms with Gasteiger partial charge in [0, 0.05) is 25.7 Å². The fourth-order valence-electron chi connectivity index (χ4n) is 2.99. The van der Waals surface area contributed by atoms with Gasteiger partial charge in [-0.15, -0.1) is 0 Å². The second-order valence-corrected chi connectivity index (χ2v) is 6.68. The predicted molar refractivity (Wildman–Crippen MR) is 98.7 cm³/mol. The number of nitrogens with zero attached hydrogens (tertiary/aromatic N) is 2. The molecule has 2 N–H and O–H groups in total. The van der Waals surface area contributed by atoms with Gasteiger partial charge in [0.1, 0.15) is 5.82 Å². The summed E-state index contributed by atoms with van der Waals surface area (Å²) in [5, 5.41) is 6.46. The highest BCUT2D eigenvalue weighted by molar-refractivity contribution is 5.79. The number of unbranched alkanes of at least 4 members (excludes halogenated alkanes) is 1. The van der Waals surface area contributed by atoms with E-state index in [0.29, 0.717) is 12.1 Å². The van der Waals surface area contributed by atoms with Gasteiger partial charge in [0.2, 0.25) is 0 Å². The van der Waals surface area contributed by atoms with Crippen LogP contribution in [0.1, 0.15) is 38.2 Å². The number of guanidine groups is 1. The molecule has 1 aromatic rings. The highest BCUT2D eigenvalue weighted by Gasteiger charge is 2.14. The van der Waals surface area contributed by atoms with Gasteiger partial charge in [-0.2, -0.15) is 0 Å². The summed E-state index contributed by atoms with van der Waals surface area (Å²) in [5.41, 5.74) is 0.653. The minimum absolute atomic E-state index is 0.184. The Hall–Kier alpha value is -1.62. The van der Waals surface area contributed by atoms with E-state index in [1.54, 1.807) is 19.2 Å². The first kappa shape index (κ1) is 18.7. The zero-order valence-corrected chi connectivity index (χ0v) is 15.0. The fourth-order valence-corrected chi connectivity index (χ4v) is 2.99. The maximum atomic E-state index is 13.6. The molecule has 0 bridgehead atoms. The van der Waals surface area contributed by atoms with E-state index in [1.807, 2.05) is 6.07 Å². The third-order valence-electron chi connectivity index (χ3n) is 4.70. The predicted octanol–water partition coefficient (Wildman–Crippen LogP) is 3.00. The second-order valence-electron chi connectivity index (χ2n) is 6.68. The lowest BCUT2D eigenvalue weighted by atomic mass is 9.99. The van der Waals surface area contributed by atoms with Crippen molar-refractivity contribution in [3.8, 4) is 0 Å². The van der Waals surface area contributed by atoms with Crippen LogP contribution in [0.3, 0.4) is 0 Å². The Morgan fingerprint density at radius 2 is 1.96 bits per heavy atom. The van der Waals surface area contributed by atoms with Crippen molar-refractivity contribution in [1.82, 2.24) is 15.5 Å². The van der Waals surface area contributed by atoms with Gasteiger partial charge in [-0.3, -0.25) is 4.99 Å². The van der Waals surface area contributed by atoms with Crippen molar-refractivity contribution in [1.29, 1.82) is 0 Å². The Kier molecular flexibility index (Phi) is 8.02. The molecule has 5 heteroatoms. The minimum atomic E-state index is -0.184. The normalized spacial score (nSPS) is 17.0. The summed E-state index contributed by atoms with van der Waals surface area (Å²) < 4.78 is 13.6. The van der Waals surface area contributed by atoms with Crippen LogP contribution < -0.4 is 10.6 Å². The lowest BCUT2D eigenvalue weighted by Gasteiger charge is -2.30. The molecule has 1 aromatic carbocycles. The number of nitrogens with one attached hydrogen (secondary N) is 2. The molecule has 0 spiro atoms. The summed E-state index contributed by atoms with van der Waals surface area (Å²) in [4.78, 5) is 6.76. The number of hydrogen-bond acceptors (Lipinski definition) is 2. The van der Waals surface area contributed by atoms with Crippen molar-refractivity contribution in [3.63, 3.8) is 0 Å². The first-order valence-electron chi connectivity index (χ1n) is 9.09. The molecule has 1 aliphatic rings. The van der Waals surface area contributed by atoms with E-state index in [-0.39, 0.29) is 5.82 Å². The number of benzene rings is 1. The van der Waals surface area contributed by atoms with Crippen LogP contribution in [0, 0.1) is 11.7 Å². The maximum absolute atomic E-state index is 13.6. The SMILES string of the molecule is CN=C(NCCCCN1CCC(C)CC1)NCc1ccccc1F. The largest absolute Gasteiger partial charge is 0.356 e. The smallest absolute Gasteiger partial charge is 0.191 e. The highest BCUT2D eigenvalue weighted by atomic mass is 19.1. The van der Waals surface area contributed by atoms with Gasteiger partial charge in [0.15, 0.2) is 5.96 Å². The molecule has 0 aliphatic carbocycles. The van der Waals surface area contributed by atoms with Crippen LogP contribution in [0.5, 0.6) is 0 Å². The van der Waals surface area contributed by atoms with Crippen LogP contribution in [0.25, 0.3) is 0 Å². The number of aliphatic imine (C=N–C) groups is 1. The molecular formula is C19H31FN4. The van der Waals surface area contributed by atoms with Crippen LogP contribution in [0.15, 0.2) is 29.3 Å². The fraction of sp³-hybridized carbons (Fsp3) is 0.632. The first-order chi connectivity index (χ1) is 11.7. The van der Waals surface area contributed by atoms with Gasteiger partial charge < -0.3 is 15.5 Å². The summed E-state index contributed by atoms with van der Waals surface area (Å²) in [7, 11) is 1.74. The summed E-state index contributed by atoms with van der Waals surface area (Å²) >= 11 is 0. The standard InChI is InChI=1S/C19H31FN4/c1-16-9-13-24(14-10-16)12-6-5-11-22-19(21-2)23-15-17-7-3-4-8-18(17)20/h3-4,7-8,16H,5-6,9-15H2,1-2H3,(H2,21,22,23). The average Bonchev–Trinajstić information content (AvgIpc) is 2.60. The maximum Gasteiger partial charge on any atom is 0.191 e. The first-order valence-corrected chi connectivity index (χ1v) is 9.09. The van der Waals surface area contributed by atoms with Crippen LogP contribution in [0.2, 0.25) is 0 Å². The molecule has 0 unspecified atom stereocenters. The van der Waals surface area contributed by atoms with E-state index < -0.39 is 0 Å². The molecule has 0 atom stereocenters. The lowest BCUT2D eigenvalue weighted by molar-refractivity contribution is 0.189. The monoisotopic (exact) mass is 334 g/mol. The van der Waals surface area contributed by atoms with Crippen LogP contribution in [0.4, 0.5) is 4.39 Å². The molecule has 0 amide bonds. The van der Waals surface area contributed by atoms with E-state index in [4.69, 9.17) is 0 Å². The van der Waals surface area contributed by atoms with Gasteiger partial charge >= 0.3 is 0 Å². The minimum Gasteiger partial charge on any atom is -0.356 e. The molecule has 24 heavy (non-hydrogen) atoms. The number of piperidine rings is 1. The van der Waals surface area contributed by atoms with Crippen molar-refractivity contribution >= 4 is 5.96 Å². The molecule has 1 fully saturated rings. The van der Waals surface area contributed by atoms with E-state index in [1.165, 1.54) is 45.0 Å². The molecule has 1 heterocycles. The van der Waals surface area contributed by atoms with Crippen molar-refractivity contribution in [3.05, 3.63) is 35.6 Å². The van der Waals surface area contributed by atoms with E-state index in [2.05, 4.69) is 27.4 Å². The summed E-state index contributed by atoms with van der Waals surface area (Å²) in [6.07, 6.45) is 4.99. The number of halogens is 1. The second kappa shape index (κ2) is 10.3. The van der Waals surface area contributed by atoms with Crippen molar-refractivity contribution in [2.24, 2.45) is 10.9 Å². The van der Waals surface area contributed by atoms with Crippen LogP contribution in [-0.2, 0) is 6.54 Å². The van der Waals surface area contributed by atoms with Gasteiger partial charge in [-0.1, -0.05) is 25.1 Å². The third-order valence-corrected chi connectivity index (χ3v) is 4.70. The van der Waals surface area contributed by atoms with E-state index in [9.17, 15) is 4.39 Å². The average molecular weight is 334 g/mol. The van der Waals surface area contributed by atoms with Gasteiger partial charge in [0.25, 0.3) is 0 Å². The molecule has 0 radical (unpaired) electrons. The van der Waals surface area contributed by atoms with E-state index >= 15 is 0 Å². The number of likely N-dealkylation sites (tertiary alicyclic amines) is 1. The van der Waals surface area contributed by atoms with Gasteiger partial charge in [0.05, 0.1) is 0 Å². The Morgan fingerprint density at radius 1 is 1.21 bits per heavy atom. The highest BCUT2D eigenvalue weighted by Crippen LogP contribution is 2.16. The quantitative estimate of drug-likeness (QED) is 0.457. The van der Waals surface area contributed by atoms with Gasteiger partial charge in [-0.05, 0) is 57.3 Å². The molecule has 0 saturated carbocycles. The Bertz CT molecular complexity index is 510. The Morgan fingerprint density at radius 3 is 2.67 bits per heavy atom. The van der Waals surface area contributed by atoms with Gasteiger partial charge in [-0.25, -0.2) is 4.39 Å². The summed E-state index contributed by atoms with van der Waals surface area (Å²) in [6, 6.07) is 6.82. The Balaban J connectivity index is 1.57. The number of rotatable bonds is 7. The molecule has 4 nitrogen and oxygen atoms in total. The molecule has 0 aromatic heterocycles. The van der Waals surface area contributed by atoms with Crippen LogP contribution in [-0.4, -0.2) is 44.1 Å². The molecule has 1 saturated heterocycles. The molecular weight excluding hydrogens is 303 g/mol. The zero-order chi connectivity index (χ0) is 17.2. The van der Waals surface area contributed by atoms with E-state index in [0.717, 1.165) is 24.8 Å². The molecule has 2 rings (SSSR count). The van der Waals surface area contributed by atoms with Crippen LogP contribution >= 0.6 is 0 Å². The summed E-state index contributed by atoms with van der Waals surface area (Å²) in [5.74, 6) is 1.44. The zero-order valence-electron chi connectivity index (χ0n) is 15.0. The number of hydrogen-bond donors (Lipinski definition) is 2. The lowest BCUT2D eigenvalue weighted by Crippen LogP contribution is -2.38. The van der Waals surface area contributed by atoms with Crippen molar-refractivity contribution < 1.29 is 4.39 Å². The van der Waals surface area contributed by atoms with Crippen molar-refractivity contribution in [2.45, 2.75) is 39.2 Å². The molecule has 134 valence electrons. The van der Waals surface area contributed by atoms with Crippen molar-refractivity contribution in [2.75, 3.05) is 33.2 Å².